The summed E-state index contributed by atoms with van der Waals surface area (Å²) in [7, 11) is 0. The lowest BCUT2D eigenvalue weighted by Crippen LogP contribution is -2.46. The molecule has 1 heterocycles. The van der Waals surface area contributed by atoms with Crippen LogP contribution in [0.2, 0.25) is 0 Å². The molecule has 0 amide bonds. The van der Waals surface area contributed by atoms with Crippen LogP contribution >= 0.6 is 0 Å². The second-order valence-corrected chi connectivity index (χ2v) is 4.81. The molecule has 0 bridgehead atoms. The SMILES string of the molecule is CC(=O)c1ccc(NC2(CO)CCOCC2)cc1. The molecule has 0 atom stereocenters. The quantitative estimate of drug-likeness (QED) is 0.799. The summed E-state index contributed by atoms with van der Waals surface area (Å²) < 4.78 is 5.32. The van der Waals surface area contributed by atoms with Gasteiger partial charge in [-0.1, -0.05) is 0 Å². The molecule has 2 rings (SSSR count). The van der Waals surface area contributed by atoms with Gasteiger partial charge in [0.2, 0.25) is 0 Å². The van der Waals surface area contributed by atoms with E-state index in [1.807, 2.05) is 12.1 Å². The van der Waals surface area contributed by atoms with Crippen molar-refractivity contribution >= 4 is 11.5 Å². The highest BCUT2D eigenvalue weighted by atomic mass is 16.5. The van der Waals surface area contributed by atoms with Gasteiger partial charge in [-0.2, -0.15) is 0 Å². The first-order chi connectivity index (χ1) is 8.65. The second-order valence-electron chi connectivity index (χ2n) is 4.81. The Balaban J connectivity index is 2.09. The zero-order chi connectivity index (χ0) is 13.0. The molecule has 1 aliphatic rings. The molecule has 1 aromatic carbocycles. The number of hydrogen-bond donors (Lipinski definition) is 2. The molecular formula is C14H19NO3. The number of ketones is 1. The maximum atomic E-state index is 11.2. The highest BCUT2D eigenvalue weighted by Crippen LogP contribution is 2.25. The molecule has 1 fully saturated rings. The van der Waals surface area contributed by atoms with Crippen molar-refractivity contribution in [3.63, 3.8) is 0 Å². The predicted molar refractivity (Wildman–Crippen MR) is 69.9 cm³/mol. The zero-order valence-electron chi connectivity index (χ0n) is 10.6. The fraction of sp³-hybridized carbons (Fsp3) is 0.500. The Hall–Kier alpha value is -1.39. The molecule has 0 aromatic heterocycles. The maximum Gasteiger partial charge on any atom is 0.159 e. The Morgan fingerprint density at radius 3 is 2.44 bits per heavy atom. The number of anilines is 1. The van der Waals surface area contributed by atoms with Gasteiger partial charge in [-0.05, 0) is 44.0 Å². The van der Waals surface area contributed by atoms with Crippen LogP contribution in [0.1, 0.15) is 30.1 Å². The fourth-order valence-corrected chi connectivity index (χ4v) is 2.18. The van der Waals surface area contributed by atoms with Crippen molar-refractivity contribution in [1.82, 2.24) is 0 Å². The Morgan fingerprint density at radius 2 is 1.94 bits per heavy atom. The highest BCUT2D eigenvalue weighted by molar-refractivity contribution is 5.94. The average molecular weight is 249 g/mol. The van der Waals surface area contributed by atoms with Gasteiger partial charge in [-0.25, -0.2) is 0 Å². The molecule has 0 saturated carbocycles. The monoisotopic (exact) mass is 249 g/mol. The Morgan fingerprint density at radius 1 is 1.33 bits per heavy atom. The first-order valence-electron chi connectivity index (χ1n) is 6.23. The molecule has 4 heteroatoms. The summed E-state index contributed by atoms with van der Waals surface area (Å²) in [6.45, 7) is 2.97. The number of nitrogens with one attached hydrogen (secondary N) is 1. The molecule has 1 saturated heterocycles. The van der Waals surface area contributed by atoms with Crippen molar-refractivity contribution < 1.29 is 14.6 Å². The zero-order valence-corrected chi connectivity index (χ0v) is 10.6. The summed E-state index contributed by atoms with van der Waals surface area (Å²) in [5, 5.41) is 12.9. The molecule has 1 aromatic rings. The number of ether oxygens (including phenoxy) is 1. The minimum Gasteiger partial charge on any atom is -0.394 e. The van der Waals surface area contributed by atoms with Gasteiger partial charge in [0.1, 0.15) is 0 Å². The molecule has 0 unspecified atom stereocenters. The predicted octanol–water partition coefficient (Wildman–Crippen LogP) is 1.84. The number of carbonyl (C=O) groups is 1. The van der Waals surface area contributed by atoms with E-state index in [0.717, 1.165) is 18.5 Å². The van der Waals surface area contributed by atoms with Crippen molar-refractivity contribution in [2.75, 3.05) is 25.1 Å². The molecule has 0 aliphatic carbocycles. The van der Waals surface area contributed by atoms with E-state index in [2.05, 4.69) is 5.32 Å². The van der Waals surface area contributed by atoms with Crippen LogP contribution in [-0.2, 0) is 4.74 Å². The largest absolute Gasteiger partial charge is 0.394 e. The van der Waals surface area contributed by atoms with Crippen LogP contribution in [0.5, 0.6) is 0 Å². The van der Waals surface area contributed by atoms with Crippen molar-refractivity contribution in [3.8, 4) is 0 Å². The normalized spacial score (nSPS) is 18.3. The molecule has 0 radical (unpaired) electrons. The summed E-state index contributed by atoms with van der Waals surface area (Å²) in [4.78, 5) is 11.2. The van der Waals surface area contributed by atoms with Gasteiger partial charge in [-0.3, -0.25) is 4.79 Å². The van der Waals surface area contributed by atoms with Gasteiger partial charge >= 0.3 is 0 Å². The standard InChI is InChI=1S/C14H19NO3/c1-11(17)12-2-4-13(5-3-12)15-14(10-16)6-8-18-9-7-14/h2-5,15-16H,6-10H2,1H3. The van der Waals surface area contributed by atoms with E-state index in [-0.39, 0.29) is 17.9 Å². The van der Waals surface area contributed by atoms with Gasteiger partial charge in [0, 0.05) is 24.5 Å². The molecule has 2 N–H and O–H groups in total. The summed E-state index contributed by atoms with van der Waals surface area (Å²) in [5.74, 6) is 0.0597. The van der Waals surface area contributed by atoms with Gasteiger partial charge < -0.3 is 15.2 Å². The lowest BCUT2D eigenvalue weighted by Gasteiger charge is -2.37. The number of aliphatic hydroxyl groups excluding tert-OH is 1. The third-order valence-electron chi connectivity index (χ3n) is 3.45. The smallest absolute Gasteiger partial charge is 0.159 e. The van der Waals surface area contributed by atoms with Crippen LogP contribution in [0.25, 0.3) is 0 Å². The van der Waals surface area contributed by atoms with Crippen molar-refractivity contribution in [2.24, 2.45) is 0 Å². The van der Waals surface area contributed by atoms with E-state index in [4.69, 9.17) is 4.74 Å². The average Bonchev–Trinajstić information content (AvgIpc) is 2.40. The van der Waals surface area contributed by atoms with E-state index < -0.39 is 0 Å². The third-order valence-corrected chi connectivity index (χ3v) is 3.45. The summed E-state index contributed by atoms with van der Waals surface area (Å²) in [6.07, 6.45) is 1.58. The van der Waals surface area contributed by atoms with Crippen molar-refractivity contribution in [2.45, 2.75) is 25.3 Å². The minimum absolute atomic E-state index is 0.0597. The Kier molecular flexibility index (Phi) is 3.99. The van der Waals surface area contributed by atoms with E-state index >= 15 is 0 Å². The molecule has 18 heavy (non-hydrogen) atoms. The summed E-state index contributed by atoms with van der Waals surface area (Å²) in [5.41, 5.74) is 1.33. The van der Waals surface area contributed by atoms with E-state index in [0.29, 0.717) is 18.8 Å². The van der Waals surface area contributed by atoms with Gasteiger partial charge in [0.15, 0.2) is 5.78 Å². The lowest BCUT2D eigenvalue weighted by atomic mass is 9.90. The Bertz CT molecular complexity index is 408. The second kappa shape index (κ2) is 5.50. The highest BCUT2D eigenvalue weighted by Gasteiger charge is 2.31. The molecule has 1 aliphatic heterocycles. The first kappa shape index (κ1) is 13.1. The number of hydrogen-bond acceptors (Lipinski definition) is 4. The first-order valence-corrected chi connectivity index (χ1v) is 6.23. The molecule has 0 spiro atoms. The van der Waals surface area contributed by atoms with Gasteiger partial charge in [0.25, 0.3) is 0 Å². The van der Waals surface area contributed by atoms with E-state index in [1.54, 1.807) is 19.1 Å². The van der Waals surface area contributed by atoms with Gasteiger partial charge in [-0.15, -0.1) is 0 Å². The fourth-order valence-electron chi connectivity index (χ4n) is 2.18. The molecule has 4 nitrogen and oxygen atoms in total. The lowest BCUT2D eigenvalue weighted by molar-refractivity contribution is 0.0380. The van der Waals surface area contributed by atoms with Gasteiger partial charge in [0.05, 0.1) is 12.1 Å². The minimum atomic E-state index is -0.296. The number of rotatable bonds is 4. The number of benzene rings is 1. The van der Waals surface area contributed by atoms with Crippen LogP contribution < -0.4 is 5.32 Å². The summed E-state index contributed by atoms with van der Waals surface area (Å²) >= 11 is 0. The van der Waals surface area contributed by atoms with Crippen molar-refractivity contribution in [3.05, 3.63) is 29.8 Å². The topological polar surface area (TPSA) is 58.6 Å². The summed E-state index contributed by atoms with van der Waals surface area (Å²) in [6, 6.07) is 7.36. The molecule has 98 valence electrons. The number of Topliss-reactive ketones (excluding diaryl/α,β-unsaturated/α-hetero) is 1. The van der Waals surface area contributed by atoms with E-state index in [1.165, 1.54) is 0 Å². The third kappa shape index (κ3) is 2.89. The van der Waals surface area contributed by atoms with E-state index in [9.17, 15) is 9.90 Å². The van der Waals surface area contributed by atoms with Crippen LogP contribution in [0.4, 0.5) is 5.69 Å². The van der Waals surface area contributed by atoms with Crippen molar-refractivity contribution in [1.29, 1.82) is 0 Å². The number of aliphatic hydroxyl groups is 1. The Labute approximate surface area is 107 Å². The van der Waals surface area contributed by atoms with Crippen LogP contribution in [0.15, 0.2) is 24.3 Å². The van der Waals surface area contributed by atoms with Crippen LogP contribution in [0.3, 0.4) is 0 Å². The van der Waals surface area contributed by atoms with Crippen LogP contribution in [-0.4, -0.2) is 36.2 Å². The number of carbonyl (C=O) groups excluding carboxylic acids is 1. The van der Waals surface area contributed by atoms with Crippen LogP contribution in [0, 0.1) is 0 Å². The maximum absolute atomic E-state index is 11.2. The molecular weight excluding hydrogens is 230 g/mol.